The van der Waals surface area contributed by atoms with Crippen LogP contribution in [0.5, 0.6) is 0 Å². The highest BCUT2D eigenvalue weighted by molar-refractivity contribution is 8.10. The van der Waals surface area contributed by atoms with Crippen molar-refractivity contribution in [2.75, 3.05) is 50.5 Å². The van der Waals surface area contributed by atoms with Gasteiger partial charge < -0.3 is 15.1 Å². The molecular weight excluding hydrogens is 426 g/mol. The summed E-state index contributed by atoms with van der Waals surface area (Å²) in [6.07, 6.45) is 7.71. The molecule has 1 N–H and O–H groups in total. The summed E-state index contributed by atoms with van der Waals surface area (Å²) in [5.41, 5.74) is 2.35. The van der Waals surface area contributed by atoms with Crippen molar-refractivity contribution in [3.8, 4) is 0 Å². The Balaban J connectivity index is 0.000000189. The van der Waals surface area contributed by atoms with Gasteiger partial charge in [-0.1, -0.05) is 49.2 Å². The van der Waals surface area contributed by atoms with E-state index >= 15 is 0 Å². The number of aromatic nitrogens is 2. The maximum absolute atomic E-state index is 4.40. The number of benzene rings is 1. The number of allylic oxidation sites excluding steroid dienone is 1. The Morgan fingerprint density at radius 1 is 1.03 bits per heavy atom. The van der Waals surface area contributed by atoms with Crippen LogP contribution in [0.25, 0.3) is 21.8 Å². The van der Waals surface area contributed by atoms with Crippen molar-refractivity contribution in [1.29, 1.82) is 0 Å². The fraction of sp³-hybridized carbons (Fsp3) is 0.259. The highest BCUT2D eigenvalue weighted by Crippen LogP contribution is 2.30. The third-order valence-electron chi connectivity index (χ3n) is 5.57. The van der Waals surface area contributed by atoms with Crippen molar-refractivity contribution in [1.82, 2.24) is 14.9 Å². The van der Waals surface area contributed by atoms with Crippen LogP contribution in [-0.4, -0.2) is 55.1 Å². The third-order valence-corrected chi connectivity index (χ3v) is 6.46. The molecule has 6 heteroatoms. The summed E-state index contributed by atoms with van der Waals surface area (Å²) in [4.78, 5) is 14.6. The van der Waals surface area contributed by atoms with Gasteiger partial charge in [0.15, 0.2) is 0 Å². The standard InChI is InChI=1S/C15H16N2S.C12H17N3/c1-4-14(18-5-2)11-6-7-12-10-17-15(16-3)9-13(12)8-11;1-3-11-4-5-13-12(10-11)15-8-6-14(2)7-9-15/h4-10H,2H2,1,3H3,(H,16,17);3-5,10H,1,6-9H2,2H3/b14-4-;. The molecule has 2 aromatic heterocycles. The van der Waals surface area contributed by atoms with Gasteiger partial charge in [0.05, 0.1) is 0 Å². The highest BCUT2D eigenvalue weighted by Gasteiger charge is 2.14. The summed E-state index contributed by atoms with van der Waals surface area (Å²) in [6, 6.07) is 12.5. The Bertz CT molecular complexity index is 1120. The summed E-state index contributed by atoms with van der Waals surface area (Å²) in [5.74, 6) is 1.96. The Labute approximate surface area is 201 Å². The molecule has 0 spiro atoms. The molecule has 0 amide bonds. The monoisotopic (exact) mass is 459 g/mol. The Kier molecular flexibility index (Phi) is 9.10. The maximum atomic E-state index is 4.40. The Hall–Kier alpha value is -3.09. The zero-order chi connectivity index (χ0) is 23.6. The number of rotatable bonds is 6. The lowest BCUT2D eigenvalue weighted by molar-refractivity contribution is 0.312. The minimum Gasteiger partial charge on any atom is -0.373 e. The van der Waals surface area contributed by atoms with E-state index in [1.807, 2.05) is 43.9 Å². The minimum absolute atomic E-state index is 0.887. The van der Waals surface area contributed by atoms with Crippen molar-refractivity contribution >= 4 is 45.2 Å². The van der Waals surface area contributed by atoms with Crippen molar-refractivity contribution in [3.05, 3.63) is 84.6 Å². The van der Waals surface area contributed by atoms with Crippen LogP contribution >= 0.6 is 11.8 Å². The predicted molar refractivity (Wildman–Crippen MR) is 147 cm³/mol. The fourth-order valence-electron chi connectivity index (χ4n) is 3.59. The molecule has 0 unspecified atom stereocenters. The normalized spacial score (nSPS) is 14.4. The van der Waals surface area contributed by atoms with E-state index in [2.05, 4.69) is 81.7 Å². The average molecular weight is 460 g/mol. The average Bonchev–Trinajstić information content (AvgIpc) is 2.87. The van der Waals surface area contributed by atoms with E-state index in [0.29, 0.717) is 0 Å². The zero-order valence-corrected chi connectivity index (χ0v) is 20.6. The van der Waals surface area contributed by atoms with Crippen LogP contribution in [0.4, 0.5) is 11.6 Å². The molecule has 3 aromatic rings. The number of hydrogen-bond acceptors (Lipinski definition) is 6. The lowest BCUT2D eigenvalue weighted by Crippen LogP contribution is -2.44. The fourth-order valence-corrected chi connectivity index (χ4v) is 4.17. The molecule has 0 atom stereocenters. The number of likely N-dealkylation sites (N-methyl/N-ethyl adjacent to an activating group) is 1. The van der Waals surface area contributed by atoms with Crippen molar-refractivity contribution < 1.29 is 0 Å². The largest absolute Gasteiger partial charge is 0.373 e. The molecule has 5 nitrogen and oxygen atoms in total. The summed E-state index contributed by atoms with van der Waals surface area (Å²) >= 11 is 1.64. The van der Waals surface area contributed by atoms with Gasteiger partial charge in [0.25, 0.3) is 0 Å². The molecule has 1 aliphatic heterocycles. The van der Waals surface area contributed by atoms with Gasteiger partial charge in [-0.15, -0.1) is 0 Å². The van der Waals surface area contributed by atoms with E-state index in [4.69, 9.17) is 0 Å². The van der Waals surface area contributed by atoms with E-state index in [1.165, 1.54) is 15.9 Å². The number of hydrogen-bond donors (Lipinski definition) is 1. The van der Waals surface area contributed by atoms with Crippen LogP contribution in [0.15, 0.2) is 73.4 Å². The molecule has 0 saturated carbocycles. The summed E-state index contributed by atoms with van der Waals surface area (Å²) in [7, 11) is 4.04. The number of pyridine rings is 2. The van der Waals surface area contributed by atoms with Crippen LogP contribution in [0.2, 0.25) is 0 Å². The molecule has 1 fully saturated rings. The van der Waals surface area contributed by atoms with Gasteiger partial charge in [-0.25, -0.2) is 9.97 Å². The highest BCUT2D eigenvalue weighted by atomic mass is 32.2. The molecule has 1 aromatic carbocycles. The Morgan fingerprint density at radius 2 is 1.82 bits per heavy atom. The molecular formula is C27H33N5S. The lowest BCUT2D eigenvalue weighted by atomic mass is 10.1. The maximum Gasteiger partial charge on any atom is 0.129 e. The molecule has 4 rings (SSSR count). The van der Waals surface area contributed by atoms with Crippen LogP contribution in [0.1, 0.15) is 18.1 Å². The van der Waals surface area contributed by atoms with Gasteiger partial charge in [0, 0.05) is 55.9 Å². The van der Waals surface area contributed by atoms with E-state index in [0.717, 1.165) is 48.8 Å². The minimum atomic E-state index is 0.887. The quantitative estimate of drug-likeness (QED) is 0.488. The first kappa shape index (κ1) is 24.6. The third kappa shape index (κ3) is 6.70. The lowest BCUT2D eigenvalue weighted by Gasteiger charge is -2.33. The molecule has 172 valence electrons. The van der Waals surface area contributed by atoms with Crippen LogP contribution in [0, 0.1) is 0 Å². The Morgan fingerprint density at radius 3 is 2.48 bits per heavy atom. The van der Waals surface area contributed by atoms with Crippen LogP contribution in [0.3, 0.4) is 0 Å². The second-order valence-corrected chi connectivity index (χ2v) is 8.77. The molecule has 0 bridgehead atoms. The van der Waals surface area contributed by atoms with Crippen LogP contribution < -0.4 is 10.2 Å². The molecule has 1 saturated heterocycles. The summed E-state index contributed by atoms with van der Waals surface area (Å²) in [6.45, 7) is 13.9. The SMILES string of the molecule is C=CS/C(=C\C)c1ccc2cnc(NC)cc2c1.C=Cc1ccnc(N2CCN(C)CC2)c1. The van der Waals surface area contributed by atoms with E-state index in [-0.39, 0.29) is 0 Å². The number of nitrogens with zero attached hydrogens (tertiary/aromatic N) is 4. The van der Waals surface area contributed by atoms with Crippen molar-refractivity contribution in [3.63, 3.8) is 0 Å². The van der Waals surface area contributed by atoms with E-state index < -0.39 is 0 Å². The molecule has 0 aliphatic carbocycles. The molecule has 0 radical (unpaired) electrons. The first-order valence-corrected chi connectivity index (χ1v) is 12.0. The summed E-state index contributed by atoms with van der Waals surface area (Å²) in [5, 5.41) is 7.25. The van der Waals surface area contributed by atoms with E-state index in [9.17, 15) is 0 Å². The van der Waals surface area contributed by atoms with Gasteiger partial charge in [0.2, 0.25) is 0 Å². The van der Waals surface area contributed by atoms with Gasteiger partial charge >= 0.3 is 0 Å². The van der Waals surface area contributed by atoms with Gasteiger partial charge in [0.1, 0.15) is 11.6 Å². The summed E-state index contributed by atoms with van der Waals surface area (Å²) < 4.78 is 0. The smallest absolute Gasteiger partial charge is 0.129 e. The first-order valence-electron chi connectivity index (χ1n) is 11.1. The molecule has 1 aliphatic rings. The number of nitrogens with one attached hydrogen (secondary N) is 1. The predicted octanol–water partition coefficient (Wildman–Crippen LogP) is 5.99. The second-order valence-electron chi connectivity index (χ2n) is 7.76. The number of anilines is 2. The first-order chi connectivity index (χ1) is 16.1. The molecule has 3 heterocycles. The number of thioether (sulfide) groups is 1. The number of piperazine rings is 1. The van der Waals surface area contributed by atoms with Crippen molar-refractivity contribution in [2.24, 2.45) is 0 Å². The van der Waals surface area contributed by atoms with Gasteiger partial charge in [-0.3, -0.25) is 0 Å². The zero-order valence-electron chi connectivity index (χ0n) is 19.8. The van der Waals surface area contributed by atoms with Gasteiger partial charge in [-0.2, -0.15) is 0 Å². The van der Waals surface area contributed by atoms with Gasteiger partial charge in [-0.05, 0) is 60.2 Å². The topological polar surface area (TPSA) is 44.3 Å². The van der Waals surface area contributed by atoms with Crippen LogP contribution in [-0.2, 0) is 0 Å². The molecule has 33 heavy (non-hydrogen) atoms. The number of fused-ring (bicyclic) bond motifs is 1. The van der Waals surface area contributed by atoms with Crippen molar-refractivity contribution in [2.45, 2.75) is 6.92 Å². The second kappa shape index (κ2) is 12.2. The van der Waals surface area contributed by atoms with E-state index in [1.54, 1.807) is 11.8 Å².